The zero-order chi connectivity index (χ0) is 20.2. The van der Waals surface area contributed by atoms with Crippen LogP contribution in [0.25, 0.3) is 6.08 Å². The van der Waals surface area contributed by atoms with Gasteiger partial charge in [-0.15, -0.1) is 0 Å². The fraction of sp³-hybridized carbons (Fsp3) is 0.0435. The van der Waals surface area contributed by atoms with Crippen molar-refractivity contribution in [2.75, 3.05) is 0 Å². The summed E-state index contributed by atoms with van der Waals surface area (Å²) in [5, 5.41) is 2.60. The van der Waals surface area contributed by atoms with Gasteiger partial charge < -0.3 is 5.32 Å². The Kier molecular flexibility index (Phi) is 5.44. The lowest BCUT2D eigenvalue weighted by atomic mass is 10.2. The fourth-order valence-corrected chi connectivity index (χ4v) is 3.91. The number of benzene rings is 3. The first-order chi connectivity index (χ1) is 14.1. The van der Waals surface area contributed by atoms with Crippen LogP contribution in [0.15, 0.2) is 94.4 Å². The predicted molar refractivity (Wildman–Crippen MR) is 110 cm³/mol. The van der Waals surface area contributed by atoms with E-state index in [0.29, 0.717) is 0 Å². The topological polar surface area (TPSA) is 49.4 Å². The van der Waals surface area contributed by atoms with Crippen molar-refractivity contribution in [3.8, 4) is 0 Å². The lowest BCUT2D eigenvalue weighted by Gasteiger charge is -2.12. The standard InChI is InChI=1S/C23H17FN2O2S/c24-19-12-6-4-9-17(19)15-26-22(27)20(25-23(26)28)14-16-8-5-7-13-21(16)29-18-10-2-1-3-11-18/h1-14H,15H2,(H,25,28)/b20-14+. The molecule has 0 spiro atoms. The van der Waals surface area contributed by atoms with Crippen molar-refractivity contribution < 1.29 is 14.0 Å². The molecule has 1 aliphatic rings. The number of nitrogens with one attached hydrogen (secondary N) is 1. The van der Waals surface area contributed by atoms with E-state index < -0.39 is 17.8 Å². The van der Waals surface area contributed by atoms with Gasteiger partial charge >= 0.3 is 6.03 Å². The zero-order valence-corrected chi connectivity index (χ0v) is 16.2. The molecule has 1 heterocycles. The predicted octanol–water partition coefficient (Wildman–Crippen LogP) is 5.07. The molecule has 6 heteroatoms. The average molecular weight is 404 g/mol. The van der Waals surface area contributed by atoms with E-state index in [1.54, 1.807) is 36.0 Å². The SMILES string of the molecule is O=C1N/C(=C/c2ccccc2Sc2ccccc2)C(=O)N1Cc1ccccc1F. The van der Waals surface area contributed by atoms with Crippen molar-refractivity contribution in [3.05, 3.63) is 102 Å². The third-order valence-corrected chi connectivity index (χ3v) is 5.54. The maximum atomic E-state index is 13.9. The monoisotopic (exact) mass is 404 g/mol. The first kappa shape index (κ1) is 19.0. The van der Waals surface area contributed by atoms with Crippen LogP contribution in [0.4, 0.5) is 9.18 Å². The number of carbonyl (C=O) groups excluding carboxylic acids is 2. The average Bonchev–Trinajstić information content (AvgIpc) is 2.99. The van der Waals surface area contributed by atoms with Gasteiger partial charge in [0.1, 0.15) is 11.5 Å². The second kappa shape index (κ2) is 8.32. The summed E-state index contributed by atoms with van der Waals surface area (Å²) in [6.45, 7) is -0.116. The Morgan fingerprint density at radius 2 is 1.59 bits per heavy atom. The number of halogens is 1. The van der Waals surface area contributed by atoms with Crippen LogP contribution in [0.5, 0.6) is 0 Å². The molecule has 144 valence electrons. The summed E-state index contributed by atoms with van der Waals surface area (Å²) < 4.78 is 13.9. The summed E-state index contributed by atoms with van der Waals surface area (Å²) in [6.07, 6.45) is 1.66. The number of amides is 3. The first-order valence-electron chi connectivity index (χ1n) is 9.02. The van der Waals surface area contributed by atoms with Gasteiger partial charge in [-0.1, -0.05) is 66.4 Å². The van der Waals surface area contributed by atoms with Crippen molar-refractivity contribution in [1.29, 1.82) is 0 Å². The van der Waals surface area contributed by atoms with E-state index in [2.05, 4.69) is 5.32 Å². The second-order valence-electron chi connectivity index (χ2n) is 6.42. The lowest BCUT2D eigenvalue weighted by molar-refractivity contribution is -0.123. The molecule has 3 aromatic carbocycles. The van der Waals surface area contributed by atoms with E-state index in [-0.39, 0.29) is 17.8 Å². The van der Waals surface area contributed by atoms with Crippen LogP contribution in [-0.4, -0.2) is 16.8 Å². The number of nitrogens with zero attached hydrogens (tertiary/aromatic N) is 1. The number of rotatable bonds is 5. The molecule has 3 amide bonds. The van der Waals surface area contributed by atoms with Gasteiger partial charge in [-0.2, -0.15) is 0 Å². The van der Waals surface area contributed by atoms with E-state index >= 15 is 0 Å². The highest BCUT2D eigenvalue weighted by Crippen LogP contribution is 2.31. The Balaban J connectivity index is 1.59. The molecule has 1 N–H and O–H groups in total. The zero-order valence-electron chi connectivity index (χ0n) is 15.3. The first-order valence-corrected chi connectivity index (χ1v) is 9.83. The van der Waals surface area contributed by atoms with Gasteiger partial charge in [-0.25, -0.2) is 9.18 Å². The normalized spacial score (nSPS) is 15.1. The van der Waals surface area contributed by atoms with E-state index in [4.69, 9.17) is 0 Å². The van der Waals surface area contributed by atoms with Crippen LogP contribution in [0.1, 0.15) is 11.1 Å². The van der Waals surface area contributed by atoms with Gasteiger partial charge in [0.15, 0.2) is 0 Å². The molecule has 0 radical (unpaired) electrons. The summed E-state index contributed by atoms with van der Waals surface area (Å²) in [5.74, 6) is -0.923. The quantitative estimate of drug-likeness (QED) is 0.477. The van der Waals surface area contributed by atoms with Crippen LogP contribution in [0.3, 0.4) is 0 Å². The van der Waals surface area contributed by atoms with Crippen LogP contribution >= 0.6 is 11.8 Å². The Bertz CT molecular complexity index is 1100. The molecule has 3 aromatic rings. The molecule has 0 atom stereocenters. The molecule has 0 aliphatic carbocycles. The molecule has 4 rings (SSSR count). The van der Waals surface area contributed by atoms with Crippen LogP contribution in [0, 0.1) is 5.82 Å². The second-order valence-corrected chi connectivity index (χ2v) is 7.54. The maximum Gasteiger partial charge on any atom is 0.329 e. The molecule has 1 fully saturated rings. The van der Waals surface area contributed by atoms with Crippen molar-refractivity contribution in [2.24, 2.45) is 0 Å². The smallest absolute Gasteiger partial charge is 0.303 e. The molecule has 1 saturated heterocycles. The summed E-state index contributed by atoms with van der Waals surface area (Å²) >= 11 is 1.57. The fourth-order valence-electron chi connectivity index (χ4n) is 2.98. The van der Waals surface area contributed by atoms with E-state index in [1.807, 2.05) is 54.6 Å². The van der Waals surface area contributed by atoms with Crippen LogP contribution in [0.2, 0.25) is 0 Å². The van der Waals surface area contributed by atoms with Gasteiger partial charge in [0.25, 0.3) is 5.91 Å². The van der Waals surface area contributed by atoms with Crippen LogP contribution < -0.4 is 5.32 Å². The molecular formula is C23H17FN2O2S. The minimum atomic E-state index is -0.558. The Morgan fingerprint density at radius 3 is 2.38 bits per heavy atom. The Hall–Kier alpha value is -3.38. The molecule has 4 nitrogen and oxygen atoms in total. The van der Waals surface area contributed by atoms with E-state index in [9.17, 15) is 14.0 Å². The number of carbonyl (C=O) groups is 2. The third-order valence-electron chi connectivity index (χ3n) is 4.44. The molecule has 29 heavy (non-hydrogen) atoms. The van der Waals surface area contributed by atoms with E-state index in [0.717, 1.165) is 20.3 Å². The van der Waals surface area contributed by atoms with Crippen molar-refractivity contribution in [1.82, 2.24) is 10.2 Å². The summed E-state index contributed by atoms with van der Waals surface area (Å²) in [7, 11) is 0. The van der Waals surface area contributed by atoms with Crippen molar-refractivity contribution in [2.45, 2.75) is 16.3 Å². The largest absolute Gasteiger partial charge is 0.329 e. The van der Waals surface area contributed by atoms with Gasteiger partial charge in [0.05, 0.1) is 6.54 Å². The number of urea groups is 1. The molecule has 0 aromatic heterocycles. The van der Waals surface area contributed by atoms with Gasteiger partial charge in [0.2, 0.25) is 0 Å². The molecule has 0 unspecified atom stereocenters. The summed E-state index contributed by atoms with van der Waals surface area (Å²) in [5.41, 5.74) is 1.28. The number of imide groups is 1. The van der Waals surface area contributed by atoms with Crippen LogP contribution in [-0.2, 0) is 11.3 Å². The lowest BCUT2D eigenvalue weighted by Crippen LogP contribution is -2.30. The van der Waals surface area contributed by atoms with E-state index in [1.165, 1.54) is 6.07 Å². The molecular weight excluding hydrogens is 387 g/mol. The Morgan fingerprint density at radius 1 is 0.897 bits per heavy atom. The molecule has 0 bridgehead atoms. The van der Waals surface area contributed by atoms with Gasteiger partial charge in [-0.05, 0) is 35.9 Å². The van der Waals surface area contributed by atoms with Crippen molar-refractivity contribution >= 4 is 29.8 Å². The summed E-state index contributed by atoms with van der Waals surface area (Å²) in [6, 6.07) is 23.1. The number of hydrogen-bond acceptors (Lipinski definition) is 3. The third kappa shape index (κ3) is 4.22. The highest BCUT2D eigenvalue weighted by Gasteiger charge is 2.34. The molecule has 1 aliphatic heterocycles. The maximum absolute atomic E-state index is 13.9. The highest BCUT2D eigenvalue weighted by atomic mass is 32.2. The highest BCUT2D eigenvalue weighted by molar-refractivity contribution is 7.99. The molecule has 0 saturated carbocycles. The number of hydrogen-bond donors (Lipinski definition) is 1. The summed E-state index contributed by atoms with van der Waals surface area (Å²) in [4.78, 5) is 28.1. The minimum Gasteiger partial charge on any atom is -0.303 e. The minimum absolute atomic E-state index is 0.116. The van der Waals surface area contributed by atoms with Gasteiger partial charge in [-0.3, -0.25) is 9.69 Å². The Labute approximate surface area is 172 Å². The van der Waals surface area contributed by atoms with Crippen molar-refractivity contribution in [3.63, 3.8) is 0 Å². The van der Waals surface area contributed by atoms with Gasteiger partial charge in [0, 0.05) is 15.4 Å².